The number of aliphatic hydroxyl groups excluding tert-OH is 1. The van der Waals surface area contributed by atoms with E-state index in [4.69, 9.17) is 16.7 Å². The van der Waals surface area contributed by atoms with Crippen molar-refractivity contribution in [1.82, 2.24) is 0 Å². The van der Waals surface area contributed by atoms with Crippen LogP contribution in [-0.4, -0.2) is 13.5 Å². The molecule has 0 aliphatic heterocycles. The fourth-order valence-corrected chi connectivity index (χ4v) is 3.01. The summed E-state index contributed by atoms with van der Waals surface area (Å²) in [4.78, 5) is -0.611. The van der Waals surface area contributed by atoms with Gasteiger partial charge in [0.05, 0.1) is 12.3 Å². The summed E-state index contributed by atoms with van der Waals surface area (Å²) in [7, 11) is -4.23. The van der Waals surface area contributed by atoms with Crippen molar-refractivity contribution in [3.05, 3.63) is 58.6 Å². The van der Waals surface area contributed by atoms with E-state index < -0.39 is 33.2 Å². The van der Waals surface area contributed by atoms with Crippen molar-refractivity contribution in [3.63, 3.8) is 0 Å². The predicted octanol–water partition coefficient (Wildman–Crippen LogP) is 2.91. The topological polar surface area (TPSA) is 66.4 Å². The first-order valence-electron chi connectivity index (χ1n) is 5.70. The van der Waals surface area contributed by atoms with Crippen molar-refractivity contribution in [2.24, 2.45) is 0 Å². The monoisotopic (exact) mass is 333 g/mol. The Labute approximate surface area is 125 Å². The number of aliphatic hydroxyl groups is 1. The van der Waals surface area contributed by atoms with Gasteiger partial charge in [0.1, 0.15) is 16.5 Å². The second-order valence-electron chi connectivity index (χ2n) is 4.19. The van der Waals surface area contributed by atoms with E-state index in [1.807, 2.05) is 4.72 Å². The summed E-state index contributed by atoms with van der Waals surface area (Å²) in [6.07, 6.45) is 0. The first kappa shape index (κ1) is 15.7. The zero-order valence-electron chi connectivity index (χ0n) is 10.5. The minimum absolute atomic E-state index is 0.00352. The Morgan fingerprint density at radius 1 is 1.14 bits per heavy atom. The Hall–Kier alpha value is -1.70. The maximum absolute atomic E-state index is 13.8. The van der Waals surface area contributed by atoms with Gasteiger partial charge in [0.2, 0.25) is 0 Å². The quantitative estimate of drug-likeness (QED) is 0.904. The molecule has 0 atom stereocenters. The van der Waals surface area contributed by atoms with Crippen molar-refractivity contribution < 1.29 is 22.3 Å². The Bertz CT molecular complexity index is 761. The van der Waals surface area contributed by atoms with Crippen molar-refractivity contribution in [1.29, 1.82) is 0 Å². The molecule has 112 valence electrons. The molecule has 2 aromatic rings. The number of rotatable bonds is 4. The van der Waals surface area contributed by atoms with Gasteiger partial charge in [0.15, 0.2) is 0 Å². The van der Waals surface area contributed by atoms with Crippen molar-refractivity contribution in [2.45, 2.75) is 11.5 Å². The van der Waals surface area contributed by atoms with Crippen LogP contribution in [0.5, 0.6) is 0 Å². The molecule has 0 fully saturated rings. The van der Waals surface area contributed by atoms with E-state index in [9.17, 15) is 17.2 Å². The van der Waals surface area contributed by atoms with E-state index in [0.717, 1.165) is 24.3 Å². The lowest BCUT2D eigenvalue weighted by molar-refractivity contribution is 0.281. The Morgan fingerprint density at radius 2 is 1.86 bits per heavy atom. The molecule has 2 rings (SSSR count). The number of halogens is 3. The third-order valence-corrected chi connectivity index (χ3v) is 4.22. The molecule has 0 heterocycles. The molecule has 0 spiro atoms. The molecule has 0 radical (unpaired) electrons. The van der Waals surface area contributed by atoms with Crippen LogP contribution in [0.25, 0.3) is 0 Å². The number of hydrogen-bond acceptors (Lipinski definition) is 3. The lowest BCUT2D eigenvalue weighted by Crippen LogP contribution is -2.15. The van der Waals surface area contributed by atoms with Crippen molar-refractivity contribution in [3.8, 4) is 0 Å². The van der Waals surface area contributed by atoms with Gasteiger partial charge in [-0.15, -0.1) is 0 Å². The van der Waals surface area contributed by atoms with Gasteiger partial charge < -0.3 is 5.11 Å². The first-order chi connectivity index (χ1) is 9.81. The van der Waals surface area contributed by atoms with Crippen LogP contribution in [0.15, 0.2) is 41.3 Å². The summed E-state index contributed by atoms with van der Waals surface area (Å²) in [6.45, 7) is -0.413. The second-order valence-corrected chi connectivity index (χ2v) is 6.27. The molecule has 0 saturated heterocycles. The zero-order valence-corrected chi connectivity index (χ0v) is 12.0. The van der Waals surface area contributed by atoms with Crippen LogP contribution in [-0.2, 0) is 16.6 Å². The smallest absolute Gasteiger partial charge is 0.264 e. The van der Waals surface area contributed by atoms with Crippen LogP contribution < -0.4 is 4.72 Å². The van der Waals surface area contributed by atoms with E-state index in [0.29, 0.717) is 0 Å². The maximum Gasteiger partial charge on any atom is 0.264 e. The van der Waals surface area contributed by atoms with Crippen LogP contribution in [0.2, 0.25) is 5.02 Å². The molecular weight excluding hydrogens is 324 g/mol. The standard InChI is InChI=1S/C13H10ClF2NO3S/c14-9-4-10(15)6-11(5-9)17-21(19,20)13-2-1-8(7-18)3-12(13)16/h1-6,17-18H,7H2. The average molecular weight is 334 g/mol. The van der Waals surface area contributed by atoms with Crippen LogP contribution in [0, 0.1) is 11.6 Å². The summed E-state index contributed by atoms with van der Waals surface area (Å²) >= 11 is 5.62. The molecule has 0 aliphatic rings. The highest BCUT2D eigenvalue weighted by atomic mass is 35.5. The summed E-state index contributed by atoms with van der Waals surface area (Å²) in [5.74, 6) is -1.74. The molecule has 2 N–H and O–H groups in total. The molecule has 0 aromatic heterocycles. The molecule has 21 heavy (non-hydrogen) atoms. The summed E-state index contributed by atoms with van der Waals surface area (Å²) in [5.41, 5.74) is 0.117. The molecule has 0 amide bonds. The molecule has 0 bridgehead atoms. The number of sulfonamides is 1. The first-order valence-corrected chi connectivity index (χ1v) is 7.56. The van der Waals surface area contributed by atoms with Gasteiger partial charge in [0, 0.05) is 5.02 Å². The van der Waals surface area contributed by atoms with Gasteiger partial charge in [-0.2, -0.15) is 0 Å². The van der Waals surface area contributed by atoms with E-state index >= 15 is 0 Å². The SMILES string of the molecule is O=S(=O)(Nc1cc(F)cc(Cl)c1)c1ccc(CO)cc1F. The highest BCUT2D eigenvalue weighted by Crippen LogP contribution is 2.23. The highest BCUT2D eigenvalue weighted by Gasteiger charge is 2.20. The molecule has 4 nitrogen and oxygen atoms in total. The number of benzene rings is 2. The fraction of sp³-hybridized carbons (Fsp3) is 0.0769. The zero-order chi connectivity index (χ0) is 15.6. The lowest BCUT2D eigenvalue weighted by Gasteiger charge is -2.10. The van der Waals surface area contributed by atoms with Crippen LogP contribution in [0.1, 0.15) is 5.56 Å². The van der Waals surface area contributed by atoms with Gasteiger partial charge in [-0.3, -0.25) is 4.72 Å². The summed E-state index contributed by atoms with van der Waals surface area (Å²) < 4.78 is 53.1. The lowest BCUT2D eigenvalue weighted by atomic mass is 10.2. The fourth-order valence-electron chi connectivity index (χ4n) is 1.68. The van der Waals surface area contributed by atoms with Gasteiger partial charge >= 0.3 is 0 Å². The van der Waals surface area contributed by atoms with E-state index in [-0.39, 0.29) is 16.3 Å². The molecule has 2 aromatic carbocycles. The van der Waals surface area contributed by atoms with Gasteiger partial charge in [-0.05, 0) is 35.9 Å². The highest BCUT2D eigenvalue weighted by molar-refractivity contribution is 7.92. The summed E-state index contributed by atoms with van der Waals surface area (Å²) in [6, 6.07) is 6.33. The van der Waals surface area contributed by atoms with Crippen LogP contribution >= 0.6 is 11.6 Å². The normalized spacial score (nSPS) is 11.4. The number of anilines is 1. The molecule has 8 heteroatoms. The third kappa shape index (κ3) is 3.69. The Balaban J connectivity index is 2.38. The molecule has 0 aliphatic carbocycles. The van der Waals surface area contributed by atoms with Gasteiger partial charge in [-0.1, -0.05) is 17.7 Å². The third-order valence-electron chi connectivity index (χ3n) is 2.58. The van der Waals surface area contributed by atoms with E-state index in [1.165, 1.54) is 12.1 Å². The second kappa shape index (κ2) is 5.97. The molecule has 0 unspecified atom stereocenters. The Morgan fingerprint density at radius 3 is 2.43 bits per heavy atom. The van der Waals surface area contributed by atoms with Crippen molar-refractivity contribution in [2.75, 3.05) is 4.72 Å². The molecule has 0 saturated carbocycles. The van der Waals surface area contributed by atoms with Crippen LogP contribution in [0.3, 0.4) is 0 Å². The molecular formula is C13H10ClF2NO3S. The number of nitrogens with one attached hydrogen (secondary N) is 1. The minimum Gasteiger partial charge on any atom is -0.392 e. The van der Waals surface area contributed by atoms with E-state index in [2.05, 4.69) is 0 Å². The minimum atomic E-state index is -4.23. The van der Waals surface area contributed by atoms with E-state index in [1.54, 1.807) is 0 Å². The van der Waals surface area contributed by atoms with Gasteiger partial charge in [-0.25, -0.2) is 17.2 Å². The maximum atomic E-state index is 13.8. The number of hydrogen-bond donors (Lipinski definition) is 2. The predicted molar refractivity (Wildman–Crippen MR) is 74.5 cm³/mol. The van der Waals surface area contributed by atoms with Gasteiger partial charge in [0.25, 0.3) is 10.0 Å². The summed E-state index contributed by atoms with van der Waals surface area (Å²) in [5, 5.41) is 8.87. The average Bonchev–Trinajstić information content (AvgIpc) is 2.36. The Kier molecular flexibility index (Phi) is 4.46. The van der Waals surface area contributed by atoms with Crippen LogP contribution in [0.4, 0.5) is 14.5 Å². The van der Waals surface area contributed by atoms with Crippen molar-refractivity contribution >= 4 is 27.3 Å². The largest absolute Gasteiger partial charge is 0.392 e.